The number of hydrogen-bond acceptors (Lipinski definition) is 4. The lowest BCUT2D eigenvalue weighted by Crippen LogP contribution is -2.12. The number of nitrogens with one attached hydrogen (secondary N) is 1. The van der Waals surface area contributed by atoms with Crippen LogP contribution in [0.5, 0.6) is 5.75 Å². The molecule has 0 radical (unpaired) electrons. The Labute approximate surface area is 120 Å². The van der Waals surface area contributed by atoms with Crippen molar-refractivity contribution in [3.63, 3.8) is 0 Å². The SMILES string of the molecule is CCNCc1cn(CCOc2ccc(C)c(C)c2)nn1. The van der Waals surface area contributed by atoms with Crippen molar-refractivity contribution in [2.45, 2.75) is 33.9 Å². The summed E-state index contributed by atoms with van der Waals surface area (Å²) in [6, 6.07) is 6.14. The number of aryl methyl sites for hydroxylation is 2. The van der Waals surface area contributed by atoms with E-state index >= 15 is 0 Å². The van der Waals surface area contributed by atoms with Crippen LogP contribution in [0.4, 0.5) is 0 Å². The number of rotatable bonds is 7. The van der Waals surface area contributed by atoms with Crippen LogP contribution in [-0.4, -0.2) is 28.1 Å². The first-order chi connectivity index (χ1) is 9.69. The highest BCUT2D eigenvalue weighted by molar-refractivity contribution is 5.33. The maximum atomic E-state index is 5.73. The Kier molecular flexibility index (Phi) is 5.12. The topological polar surface area (TPSA) is 52.0 Å². The second-order valence-corrected chi connectivity index (χ2v) is 4.85. The third-order valence-corrected chi connectivity index (χ3v) is 3.21. The first-order valence-corrected chi connectivity index (χ1v) is 6.99. The van der Waals surface area contributed by atoms with Gasteiger partial charge in [-0.05, 0) is 43.7 Å². The third-order valence-electron chi connectivity index (χ3n) is 3.21. The monoisotopic (exact) mass is 274 g/mol. The van der Waals surface area contributed by atoms with Gasteiger partial charge >= 0.3 is 0 Å². The third kappa shape index (κ3) is 4.06. The Morgan fingerprint density at radius 2 is 2.10 bits per heavy atom. The molecular weight excluding hydrogens is 252 g/mol. The number of hydrogen-bond donors (Lipinski definition) is 1. The summed E-state index contributed by atoms with van der Waals surface area (Å²) in [4.78, 5) is 0. The van der Waals surface area contributed by atoms with Gasteiger partial charge in [0.25, 0.3) is 0 Å². The van der Waals surface area contributed by atoms with Crippen LogP contribution >= 0.6 is 0 Å². The minimum absolute atomic E-state index is 0.590. The summed E-state index contributed by atoms with van der Waals surface area (Å²) in [5.41, 5.74) is 3.48. The normalized spacial score (nSPS) is 10.8. The van der Waals surface area contributed by atoms with Crippen molar-refractivity contribution >= 4 is 0 Å². The zero-order valence-corrected chi connectivity index (χ0v) is 12.4. The second kappa shape index (κ2) is 7.05. The molecule has 0 saturated carbocycles. The molecule has 0 amide bonds. The highest BCUT2D eigenvalue weighted by atomic mass is 16.5. The lowest BCUT2D eigenvalue weighted by Gasteiger charge is -2.08. The maximum absolute atomic E-state index is 5.73. The van der Waals surface area contributed by atoms with Gasteiger partial charge in [-0.3, -0.25) is 0 Å². The van der Waals surface area contributed by atoms with Crippen molar-refractivity contribution in [1.82, 2.24) is 20.3 Å². The molecule has 1 N–H and O–H groups in total. The highest BCUT2D eigenvalue weighted by Crippen LogP contribution is 2.16. The van der Waals surface area contributed by atoms with E-state index in [1.165, 1.54) is 11.1 Å². The molecule has 0 unspecified atom stereocenters. The molecule has 0 bridgehead atoms. The fraction of sp³-hybridized carbons (Fsp3) is 0.467. The van der Waals surface area contributed by atoms with E-state index in [2.05, 4.69) is 48.5 Å². The Morgan fingerprint density at radius 3 is 2.85 bits per heavy atom. The Hall–Kier alpha value is -1.88. The van der Waals surface area contributed by atoms with Gasteiger partial charge in [-0.2, -0.15) is 0 Å². The number of benzene rings is 1. The molecule has 1 aromatic carbocycles. The van der Waals surface area contributed by atoms with Crippen LogP contribution in [-0.2, 0) is 13.1 Å². The van der Waals surface area contributed by atoms with Crippen molar-refractivity contribution in [1.29, 1.82) is 0 Å². The molecular formula is C15H22N4O. The Bertz CT molecular complexity index is 551. The molecule has 0 saturated heterocycles. The molecule has 0 aliphatic heterocycles. The maximum Gasteiger partial charge on any atom is 0.119 e. The molecule has 5 nitrogen and oxygen atoms in total. The number of nitrogens with zero attached hydrogens (tertiary/aromatic N) is 3. The molecule has 0 aliphatic rings. The quantitative estimate of drug-likeness (QED) is 0.840. The number of aromatic nitrogens is 3. The van der Waals surface area contributed by atoms with Crippen LogP contribution in [0, 0.1) is 13.8 Å². The second-order valence-electron chi connectivity index (χ2n) is 4.85. The van der Waals surface area contributed by atoms with E-state index in [1.807, 2.05) is 16.9 Å². The number of ether oxygens (including phenoxy) is 1. The van der Waals surface area contributed by atoms with Gasteiger partial charge < -0.3 is 10.1 Å². The molecule has 0 aliphatic carbocycles. The van der Waals surface area contributed by atoms with Crippen molar-refractivity contribution in [2.24, 2.45) is 0 Å². The fourth-order valence-electron chi connectivity index (χ4n) is 1.84. The summed E-state index contributed by atoms with van der Waals surface area (Å²) in [5, 5.41) is 11.4. The van der Waals surface area contributed by atoms with Crippen molar-refractivity contribution in [3.05, 3.63) is 41.2 Å². The van der Waals surface area contributed by atoms with E-state index in [4.69, 9.17) is 4.74 Å². The summed E-state index contributed by atoms with van der Waals surface area (Å²) in [6.07, 6.45) is 1.95. The lowest BCUT2D eigenvalue weighted by molar-refractivity contribution is 0.289. The molecule has 0 spiro atoms. The predicted octanol–water partition coefficient (Wildman–Crippen LogP) is 2.08. The summed E-state index contributed by atoms with van der Waals surface area (Å²) < 4.78 is 7.55. The zero-order valence-electron chi connectivity index (χ0n) is 12.4. The molecule has 2 rings (SSSR count). The van der Waals surface area contributed by atoms with Gasteiger partial charge in [0.15, 0.2) is 0 Å². The highest BCUT2D eigenvalue weighted by Gasteiger charge is 2.01. The van der Waals surface area contributed by atoms with Crippen molar-refractivity contribution in [2.75, 3.05) is 13.2 Å². The van der Waals surface area contributed by atoms with Gasteiger partial charge in [0.05, 0.1) is 12.2 Å². The summed E-state index contributed by atoms with van der Waals surface area (Å²) in [5.74, 6) is 0.904. The first-order valence-electron chi connectivity index (χ1n) is 6.99. The van der Waals surface area contributed by atoms with Gasteiger partial charge in [-0.15, -0.1) is 5.10 Å². The zero-order chi connectivity index (χ0) is 14.4. The van der Waals surface area contributed by atoms with Crippen LogP contribution in [0.25, 0.3) is 0 Å². The van der Waals surface area contributed by atoms with Gasteiger partial charge in [0.2, 0.25) is 0 Å². The van der Waals surface area contributed by atoms with Crippen LogP contribution in [0.15, 0.2) is 24.4 Å². The predicted molar refractivity (Wildman–Crippen MR) is 78.8 cm³/mol. The van der Waals surface area contributed by atoms with Gasteiger partial charge in [-0.1, -0.05) is 18.2 Å². The standard InChI is InChI=1S/C15H22N4O/c1-4-16-10-14-11-19(18-17-14)7-8-20-15-6-5-12(2)13(3)9-15/h5-6,9,11,16H,4,7-8,10H2,1-3H3. The van der Waals surface area contributed by atoms with E-state index < -0.39 is 0 Å². The van der Waals surface area contributed by atoms with E-state index in [0.29, 0.717) is 13.2 Å². The van der Waals surface area contributed by atoms with Gasteiger partial charge in [0.1, 0.15) is 12.4 Å². The summed E-state index contributed by atoms with van der Waals surface area (Å²) in [6.45, 7) is 9.24. The minimum Gasteiger partial charge on any atom is -0.492 e. The molecule has 0 fully saturated rings. The van der Waals surface area contributed by atoms with Gasteiger partial charge in [0, 0.05) is 12.7 Å². The van der Waals surface area contributed by atoms with Crippen molar-refractivity contribution in [3.8, 4) is 5.75 Å². The summed E-state index contributed by atoms with van der Waals surface area (Å²) in [7, 11) is 0. The van der Waals surface area contributed by atoms with E-state index in [9.17, 15) is 0 Å². The van der Waals surface area contributed by atoms with E-state index in [0.717, 1.165) is 24.5 Å². The average Bonchev–Trinajstić information content (AvgIpc) is 2.88. The summed E-state index contributed by atoms with van der Waals surface area (Å²) >= 11 is 0. The van der Waals surface area contributed by atoms with E-state index in [1.54, 1.807) is 0 Å². The van der Waals surface area contributed by atoms with Crippen molar-refractivity contribution < 1.29 is 4.74 Å². The van der Waals surface area contributed by atoms with E-state index in [-0.39, 0.29) is 0 Å². The minimum atomic E-state index is 0.590. The van der Waals surface area contributed by atoms with Crippen LogP contribution < -0.4 is 10.1 Å². The molecule has 108 valence electrons. The van der Waals surface area contributed by atoms with Crippen LogP contribution in [0.3, 0.4) is 0 Å². The molecule has 1 aromatic heterocycles. The fourth-order valence-corrected chi connectivity index (χ4v) is 1.84. The largest absolute Gasteiger partial charge is 0.492 e. The van der Waals surface area contributed by atoms with Gasteiger partial charge in [-0.25, -0.2) is 4.68 Å². The molecule has 20 heavy (non-hydrogen) atoms. The van der Waals surface area contributed by atoms with Crippen LogP contribution in [0.2, 0.25) is 0 Å². The molecule has 2 aromatic rings. The molecule has 5 heteroatoms. The average molecular weight is 274 g/mol. The Balaban J connectivity index is 1.80. The van der Waals surface area contributed by atoms with Crippen LogP contribution in [0.1, 0.15) is 23.7 Å². The molecule has 0 atom stereocenters. The lowest BCUT2D eigenvalue weighted by atomic mass is 10.1. The smallest absolute Gasteiger partial charge is 0.119 e. The Morgan fingerprint density at radius 1 is 1.25 bits per heavy atom. The first kappa shape index (κ1) is 14.5. The molecule has 1 heterocycles.